The summed E-state index contributed by atoms with van der Waals surface area (Å²) in [6.07, 6.45) is 1.05. The third-order valence-corrected chi connectivity index (χ3v) is 5.05. The number of rotatable bonds is 4. The van der Waals surface area contributed by atoms with Crippen LogP contribution in [-0.2, 0) is 6.54 Å². The minimum absolute atomic E-state index is 0.219. The molecule has 0 unspecified atom stereocenters. The Morgan fingerprint density at radius 1 is 1.24 bits per heavy atom. The Morgan fingerprint density at radius 3 is 2.62 bits per heavy atom. The van der Waals surface area contributed by atoms with E-state index in [9.17, 15) is 5.11 Å². The Bertz CT molecular complexity index is 466. The van der Waals surface area contributed by atoms with Gasteiger partial charge in [-0.15, -0.1) is 0 Å². The van der Waals surface area contributed by atoms with Crippen LogP contribution in [0.25, 0.3) is 0 Å². The molecule has 0 bridgehead atoms. The van der Waals surface area contributed by atoms with Gasteiger partial charge in [0, 0.05) is 38.3 Å². The number of fused-ring (bicyclic) bond motifs is 1. The van der Waals surface area contributed by atoms with E-state index in [1.807, 2.05) is 20.8 Å². The van der Waals surface area contributed by atoms with E-state index >= 15 is 0 Å². The summed E-state index contributed by atoms with van der Waals surface area (Å²) in [4.78, 5) is 4.97. The van der Waals surface area contributed by atoms with Gasteiger partial charge in [0.2, 0.25) is 0 Å². The standard InChI is InChI=1S/C16H27N3O2/c1-11(20)6-19-7-14-4-5-18(8-15(14)9-19)10-16-12(2)17-21-13(16)3/h11,14-15,20H,4-10H2,1-3H3/t11-,14+,15-/m0/s1. The molecule has 5 heteroatoms. The number of β-amino-alcohol motifs (C(OH)–C–C–N with tert-alkyl or cyclic N) is 1. The van der Waals surface area contributed by atoms with Crippen molar-refractivity contribution in [3.05, 3.63) is 17.0 Å². The highest BCUT2D eigenvalue weighted by molar-refractivity contribution is 5.20. The molecule has 0 amide bonds. The first-order valence-corrected chi connectivity index (χ1v) is 8.07. The number of aliphatic hydroxyl groups excluding tert-OH is 1. The van der Waals surface area contributed by atoms with Gasteiger partial charge < -0.3 is 14.5 Å². The van der Waals surface area contributed by atoms with Crippen LogP contribution in [0, 0.1) is 25.7 Å². The Balaban J connectivity index is 1.58. The number of hydrogen-bond acceptors (Lipinski definition) is 5. The first-order chi connectivity index (χ1) is 10.0. The molecular formula is C16H27N3O2. The summed E-state index contributed by atoms with van der Waals surface area (Å²) < 4.78 is 5.27. The van der Waals surface area contributed by atoms with Gasteiger partial charge in [-0.2, -0.15) is 0 Å². The van der Waals surface area contributed by atoms with Crippen molar-refractivity contribution >= 4 is 0 Å². The topological polar surface area (TPSA) is 52.7 Å². The third kappa shape index (κ3) is 3.30. The Labute approximate surface area is 126 Å². The van der Waals surface area contributed by atoms with Crippen molar-refractivity contribution in [3.63, 3.8) is 0 Å². The second kappa shape index (κ2) is 6.07. The zero-order valence-electron chi connectivity index (χ0n) is 13.4. The van der Waals surface area contributed by atoms with Gasteiger partial charge >= 0.3 is 0 Å². The first kappa shape index (κ1) is 15.0. The number of aryl methyl sites for hydroxylation is 2. The zero-order chi connectivity index (χ0) is 15.0. The summed E-state index contributed by atoms with van der Waals surface area (Å²) >= 11 is 0. The lowest BCUT2D eigenvalue weighted by Gasteiger charge is -2.34. The van der Waals surface area contributed by atoms with Crippen molar-refractivity contribution in [1.29, 1.82) is 0 Å². The lowest BCUT2D eigenvalue weighted by atomic mass is 9.88. The molecule has 0 aliphatic carbocycles. The lowest BCUT2D eigenvalue weighted by molar-refractivity contribution is 0.135. The van der Waals surface area contributed by atoms with Gasteiger partial charge in [-0.3, -0.25) is 4.90 Å². The van der Waals surface area contributed by atoms with E-state index in [1.165, 1.54) is 12.0 Å². The fourth-order valence-electron chi connectivity index (χ4n) is 3.96. The van der Waals surface area contributed by atoms with Crippen molar-refractivity contribution < 1.29 is 9.63 Å². The minimum atomic E-state index is -0.219. The summed E-state index contributed by atoms with van der Waals surface area (Å²) in [5.41, 5.74) is 2.28. The maximum absolute atomic E-state index is 9.56. The van der Waals surface area contributed by atoms with Gasteiger partial charge in [0.25, 0.3) is 0 Å². The van der Waals surface area contributed by atoms with Crippen LogP contribution in [0.5, 0.6) is 0 Å². The average Bonchev–Trinajstić information content (AvgIpc) is 2.94. The molecule has 0 radical (unpaired) electrons. The molecule has 3 atom stereocenters. The van der Waals surface area contributed by atoms with E-state index in [1.54, 1.807) is 0 Å². The highest BCUT2D eigenvalue weighted by Gasteiger charge is 2.37. The molecule has 0 spiro atoms. The van der Waals surface area contributed by atoms with Gasteiger partial charge in [-0.05, 0) is 45.6 Å². The van der Waals surface area contributed by atoms with Crippen molar-refractivity contribution in [2.75, 3.05) is 32.7 Å². The Morgan fingerprint density at radius 2 is 1.95 bits per heavy atom. The molecular weight excluding hydrogens is 266 g/mol. The van der Waals surface area contributed by atoms with Crippen LogP contribution >= 0.6 is 0 Å². The maximum atomic E-state index is 9.56. The van der Waals surface area contributed by atoms with E-state index < -0.39 is 0 Å². The van der Waals surface area contributed by atoms with Crippen LogP contribution in [0.3, 0.4) is 0 Å². The van der Waals surface area contributed by atoms with Crippen LogP contribution < -0.4 is 0 Å². The second-order valence-corrected chi connectivity index (χ2v) is 6.91. The number of likely N-dealkylation sites (tertiary alicyclic amines) is 2. The van der Waals surface area contributed by atoms with Crippen LogP contribution in [0.4, 0.5) is 0 Å². The molecule has 21 heavy (non-hydrogen) atoms. The monoisotopic (exact) mass is 293 g/mol. The molecule has 0 aromatic carbocycles. The van der Waals surface area contributed by atoms with Gasteiger partial charge in [-0.1, -0.05) is 5.16 Å². The quantitative estimate of drug-likeness (QED) is 0.910. The van der Waals surface area contributed by atoms with Gasteiger partial charge in [-0.25, -0.2) is 0 Å². The van der Waals surface area contributed by atoms with Crippen molar-refractivity contribution in [2.24, 2.45) is 11.8 Å². The normalized spacial score (nSPS) is 28.8. The molecule has 2 saturated heterocycles. The van der Waals surface area contributed by atoms with E-state index in [-0.39, 0.29) is 6.10 Å². The van der Waals surface area contributed by atoms with Gasteiger partial charge in [0.1, 0.15) is 5.76 Å². The summed E-state index contributed by atoms with van der Waals surface area (Å²) in [6.45, 7) is 12.3. The number of nitrogens with zero attached hydrogens (tertiary/aromatic N) is 3. The molecule has 5 nitrogen and oxygen atoms in total. The predicted molar refractivity (Wildman–Crippen MR) is 81.0 cm³/mol. The Hall–Kier alpha value is -0.910. The average molecular weight is 293 g/mol. The molecule has 1 aromatic heterocycles. The van der Waals surface area contributed by atoms with Gasteiger partial charge in [0.05, 0.1) is 11.8 Å². The molecule has 2 aliphatic heterocycles. The molecule has 118 valence electrons. The van der Waals surface area contributed by atoms with Crippen molar-refractivity contribution in [1.82, 2.24) is 15.0 Å². The van der Waals surface area contributed by atoms with Crippen LogP contribution in [0.1, 0.15) is 30.4 Å². The first-order valence-electron chi connectivity index (χ1n) is 8.07. The lowest BCUT2D eigenvalue weighted by Crippen LogP contribution is -2.39. The van der Waals surface area contributed by atoms with Crippen LogP contribution in [-0.4, -0.2) is 58.9 Å². The molecule has 1 aromatic rings. The van der Waals surface area contributed by atoms with Crippen LogP contribution in [0.2, 0.25) is 0 Å². The SMILES string of the molecule is Cc1noc(C)c1CN1CC[C@@H]2CN(C[C@H](C)O)C[C@@H]2C1. The smallest absolute Gasteiger partial charge is 0.138 e. The van der Waals surface area contributed by atoms with E-state index in [0.29, 0.717) is 0 Å². The number of piperidine rings is 1. The Kier molecular flexibility index (Phi) is 4.33. The van der Waals surface area contributed by atoms with E-state index in [4.69, 9.17) is 4.52 Å². The largest absolute Gasteiger partial charge is 0.392 e. The van der Waals surface area contributed by atoms with Crippen molar-refractivity contribution in [2.45, 2.75) is 39.8 Å². The maximum Gasteiger partial charge on any atom is 0.138 e. The summed E-state index contributed by atoms with van der Waals surface area (Å²) in [5, 5.41) is 13.6. The van der Waals surface area contributed by atoms with Gasteiger partial charge in [0.15, 0.2) is 0 Å². The number of aliphatic hydroxyl groups is 1. The third-order valence-electron chi connectivity index (χ3n) is 5.05. The second-order valence-electron chi connectivity index (χ2n) is 6.91. The predicted octanol–water partition coefficient (Wildman–Crippen LogP) is 1.43. The number of aromatic nitrogens is 1. The molecule has 2 aliphatic rings. The fraction of sp³-hybridized carbons (Fsp3) is 0.812. The summed E-state index contributed by atoms with van der Waals surface area (Å²) in [6, 6.07) is 0. The fourth-order valence-corrected chi connectivity index (χ4v) is 3.96. The van der Waals surface area contributed by atoms with E-state index in [2.05, 4.69) is 15.0 Å². The van der Waals surface area contributed by atoms with Crippen molar-refractivity contribution in [3.8, 4) is 0 Å². The highest BCUT2D eigenvalue weighted by atomic mass is 16.5. The summed E-state index contributed by atoms with van der Waals surface area (Å²) in [7, 11) is 0. The molecule has 3 heterocycles. The minimum Gasteiger partial charge on any atom is -0.392 e. The number of hydrogen-bond donors (Lipinski definition) is 1. The molecule has 0 saturated carbocycles. The van der Waals surface area contributed by atoms with Crippen LogP contribution in [0.15, 0.2) is 4.52 Å². The summed E-state index contributed by atoms with van der Waals surface area (Å²) in [5.74, 6) is 2.51. The zero-order valence-corrected chi connectivity index (χ0v) is 13.4. The highest BCUT2D eigenvalue weighted by Crippen LogP contribution is 2.32. The molecule has 2 fully saturated rings. The molecule has 1 N–H and O–H groups in total. The molecule has 3 rings (SSSR count). The van der Waals surface area contributed by atoms with E-state index in [0.717, 1.165) is 62.6 Å².